The maximum atomic E-state index is 15.2. The van der Waals surface area contributed by atoms with Crippen molar-refractivity contribution in [1.29, 1.82) is 10.5 Å². The van der Waals surface area contributed by atoms with Crippen LogP contribution in [0.4, 0.5) is 0 Å². The fourth-order valence-electron chi connectivity index (χ4n) is 7.59. The molecule has 1 N–H and O–H groups in total. The van der Waals surface area contributed by atoms with Gasteiger partial charge in [-0.25, -0.2) is 0 Å². The van der Waals surface area contributed by atoms with Gasteiger partial charge in [0.25, 0.3) is 0 Å². The van der Waals surface area contributed by atoms with Crippen LogP contribution in [0.25, 0.3) is 21.5 Å². The number of fused-ring (bicyclic) bond motifs is 2. The Kier molecular flexibility index (Phi) is 8.66. The average Bonchev–Trinajstić information content (AvgIpc) is 3.13. The predicted molar refractivity (Wildman–Crippen MR) is 196 cm³/mol. The summed E-state index contributed by atoms with van der Waals surface area (Å²) in [5.74, 6) is -3.83. The van der Waals surface area contributed by atoms with Crippen LogP contribution in [0, 0.1) is 34.0 Å². The van der Waals surface area contributed by atoms with E-state index in [4.69, 9.17) is 46.4 Å². The lowest BCUT2D eigenvalue weighted by Crippen LogP contribution is -2.55. The van der Waals surface area contributed by atoms with E-state index in [2.05, 4.69) is 12.1 Å². The van der Waals surface area contributed by atoms with Gasteiger partial charge in [0.1, 0.15) is 5.60 Å². The Balaban J connectivity index is 1.56. The Bertz CT molecular complexity index is 2360. The van der Waals surface area contributed by atoms with Crippen LogP contribution in [-0.2, 0) is 5.60 Å². The number of carbonyl (C=O) groups is 1. The molecule has 0 saturated heterocycles. The summed E-state index contributed by atoms with van der Waals surface area (Å²) in [4.78, 5) is 15.2. The van der Waals surface area contributed by atoms with Crippen molar-refractivity contribution < 1.29 is 9.90 Å². The number of Topliss-reactive ketones (excluding diaryl/α,β-unsaturated/α-hetero) is 1. The summed E-state index contributed by atoms with van der Waals surface area (Å²) in [6.45, 7) is 0. The van der Waals surface area contributed by atoms with Gasteiger partial charge in [-0.3, -0.25) is 4.79 Å². The molecule has 1 fully saturated rings. The number of ketones is 1. The van der Waals surface area contributed by atoms with Crippen molar-refractivity contribution in [2.24, 2.45) is 11.3 Å². The van der Waals surface area contributed by atoms with E-state index in [0.717, 1.165) is 21.5 Å². The Morgan fingerprint density at radius 2 is 1.16 bits per heavy atom. The first-order chi connectivity index (χ1) is 23.6. The van der Waals surface area contributed by atoms with Crippen LogP contribution < -0.4 is 0 Å². The molecular formula is C41H26Cl4N2O2. The lowest BCUT2D eigenvalue weighted by molar-refractivity contribution is -0.0782. The third kappa shape index (κ3) is 5.55. The zero-order valence-electron chi connectivity index (χ0n) is 25.7. The number of hydrogen-bond acceptors (Lipinski definition) is 4. The first-order valence-electron chi connectivity index (χ1n) is 15.6. The molecule has 0 aromatic heterocycles. The van der Waals surface area contributed by atoms with Gasteiger partial charge in [0, 0.05) is 17.4 Å². The van der Waals surface area contributed by atoms with Gasteiger partial charge in [0.05, 0.1) is 38.1 Å². The number of benzene rings is 6. The molecule has 0 spiro atoms. The third-order valence-corrected chi connectivity index (χ3v) is 11.5. The van der Waals surface area contributed by atoms with Crippen LogP contribution in [-0.4, -0.2) is 10.9 Å². The molecule has 0 amide bonds. The first-order valence-corrected chi connectivity index (χ1v) is 17.1. The summed E-state index contributed by atoms with van der Waals surface area (Å²) in [6, 6.07) is 40.8. The molecule has 0 aliphatic heterocycles. The largest absolute Gasteiger partial charge is 0.384 e. The number of aliphatic hydroxyl groups is 1. The molecule has 0 radical (unpaired) electrons. The maximum Gasteiger partial charge on any atom is 0.169 e. The molecule has 4 atom stereocenters. The van der Waals surface area contributed by atoms with Crippen molar-refractivity contribution in [3.8, 4) is 12.1 Å². The monoisotopic (exact) mass is 718 g/mol. The molecule has 1 aliphatic carbocycles. The highest BCUT2D eigenvalue weighted by atomic mass is 35.5. The highest BCUT2D eigenvalue weighted by molar-refractivity contribution is 6.42. The second kappa shape index (κ2) is 12.8. The minimum Gasteiger partial charge on any atom is -0.384 e. The van der Waals surface area contributed by atoms with Crippen LogP contribution in [0.3, 0.4) is 0 Å². The lowest BCUT2D eigenvalue weighted by atomic mass is 9.48. The molecule has 7 rings (SSSR count). The summed E-state index contributed by atoms with van der Waals surface area (Å²) in [7, 11) is 0. The van der Waals surface area contributed by atoms with Crippen LogP contribution >= 0.6 is 46.4 Å². The molecule has 1 saturated carbocycles. The van der Waals surface area contributed by atoms with E-state index in [0.29, 0.717) is 27.3 Å². The molecule has 0 heterocycles. The summed E-state index contributed by atoms with van der Waals surface area (Å²) in [5.41, 5.74) is -2.01. The summed E-state index contributed by atoms with van der Waals surface area (Å²) >= 11 is 25.8. The van der Waals surface area contributed by atoms with Gasteiger partial charge < -0.3 is 5.11 Å². The maximum absolute atomic E-state index is 15.2. The highest BCUT2D eigenvalue weighted by Crippen LogP contribution is 2.63. The van der Waals surface area contributed by atoms with Gasteiger partial charge in [-0.05, 0) is 81.1 Å². The number of hydrogen-bond donors (Lipinski definition) is 1. The summed E-state index contributed by atoms with van der Waals surface area (Å²) in [6.07, 6.45) is -0.147. The summed E-state index contributed by atoms with van der Waals surface area (Å²) in [5, 5.41) is 40.3. The third-order valence-electron chi connectivity index (χ3n) is 9.99. The van der Waals surface area contributed by atoms with Crippen molar-refractivity contribution in [3.05, 3.63) is 164 Å². The van der Waals surface area contributed by atoms with Crippen molar-refractivity contribution in [2.45, 2.75) is 23.9 Å². The standard InChI is InChI=1S/C41H26Cl4N2O2/c42-33-15-12-28(19-35(33)44)32-21-41(49,31-14-11-25-6-2-4-8-27(25)18-31)38(39(48)30-10-9-24-5-1-3-7-26(24)17-30)37(40(32,22-46)23-47)29-13-16-34(43)36(45)20-29/h1-20,32,37-38,49H,21H2. The quantitative estimate of drug-likeness (QED) is 0.180. The normalized spacial score (nSPS) is 21.6. The summed E-state index contributed by atoms with van der Waals surface area (Å²) < 4.78 is 0. The van der Waals surface area contributed by atoms with E-state index in [1.165, 1.54) is 0 Å². The van der Waals surface area contributed by atoms with E-state index in [9.17, 15) is 15.6 Å². The molecule has 240 valence electrons. The van der Waals surface area contributed by atoms with E-state index >= 15 is 4.79 Å². The average molecular weight is 720 g/mol. The molecule has 8 heteroatoms. The second-order valence-electron chi connectivity index (χ2n) is 12.6. The predicted octanol–water partition coefficient (Wildman–Crippen LogP) is 11.3. The van der Waals surface area contributed by atoms with E-state index in [1.54, 1.807) is 48.5 Å². The van der Waals surface area contributed by atoms with Gasteiger partial charge in [-0.15, -0.1) is 0 Å². The SMILES string of the molecule is N#CC1(C#N)C(c2ccc(Cl)c(Cl)c2)CC(O)(c2ccc3ccccc3c2)C(C(=O)c2ccc3ccccc3c2)C1c1ccc(Cl)c(Cl)c1. The molecule has 1 aliphatic rings. The van der Waals surface area contributed by atoms with Gasteiger partial charge in [0.2, 0.25) is 0 Å². The molecule has 0 bridgehead atoms. The van der Waals surface area contributed by atoms with E-state index in [1.807, 2.05) is 72.8 Å². The lowest BCUT2D eigenvalue weighted by Gasteiger charge is -2.53. The molecular weight excluding hydrogens is 694 g/mol. The minimum atomic E-state index is -1.89. The van der Waals surface area contributed by atoms with Gasteiger partial charge in [-0.1, -0.05) is 131 Å². The Morgan fingerprint density at radius 1 is 0.633 bits per heavy atom. The van der Waals surface area contributed by atoms with Crippen LogP contribution in [0.1, 0.15) is 45.3 Å². The Morgan fingerprint density at radius 3 is 1.76 bits per heavy atom. The number of rotatable bonds is 5. The van der Waals surface area contributed by atoms with Crippen molar-refractivity contribution in [2.75, 3.05) is 0 Å². The van der Waals surface area contributed by atoms with Crippen molar-refractivity contribution >= 4 is 73.7 Å². The minimum absolute atomic E-state index is 0.147. The van der Waals surface area contributed by atoms with Crippen LogP contribution in [0.5, 0.6) is 0 Å². The van der Waals surface area contributed by atoms with Crippen LogP contribution in [0.15, 0.2) is 121 Å². The Hall–Kier alpha value is -4.39. The van der Waals surface area contributed by atoms with Crippen molar-refractivity contribution in [3.63, 3.8) is 0 Å². The zero-order chi connectivity index (χ0) is 34.5. The molecule has 6 aromatic rings. The van der Waals surface area contributed by atoms with E-state index < -0.39 is 34.6 Å². The number of nitriles is 2. The second-order valence-corrected chi connectivity index (χ2v) is 14.2. The molecule has 49 heavy (non-hydrogen) atoms. The van der Waals surface area contributed by atoms with Crippen LogP contribution in [0.2, 0.25) is 20.1 Å². The number of nitrogens with zero attached hydrogens (tertiary/aromatic N) is 2. The van der Waals surface area contributed by atoms with Crippen molar-refractivity contribution in [1.82, 2.24) is 0 Å². The topological polar surface area (TPSA) is 84.9 Å². The Labute approximate surface area is 303 Å². The van der Waals surface area contributed by atoms with Gasteiger partial charge in [-0.2, -0.15) is 10.5 Å². The molecule has 4 unspecified atom stereocenters. The van der Waals surface area contributed by atoms with Gasteiger partial charge in [0.15, 0.2) is 11.2 Å². The zero-order valence-corrected chi connectivity index (χ0v) is 28.8. The number of halogens is 4. The fraction of sp³-hybridized carbons (Fsp3) is 0.146. The molecule has 4 nitrogen and oxygen atoms in total. The molecule has 6 aromatic carbocycles. The number of carbonyl (C=O) groups excluding carboxylic acids is 1. The van der Waals surface area contributed by atoms with E-state index in [-0.39, 0.29) is 21.5 Å². The highest BCUT2D eigenvalue weighted by Gasteiger charge is 2.64. The first kappa shape index (κ1) is 33.1. The van der Waals surface area contributed by atoms with Gasteiger partial charge >= 0.3 is 0 Å². The fourth-order valence-corrected chi connectivity index (χ4v) is 8.20. The smallest absolute Gasteiger partial charge is 0.169 e.